The number of nitrogens with one attached hydrogen (secondary N) is 1. The number of aryl methyl sites for hydroxylation is 1. The molecule has 0 saturated heterocycles. The van der Waals surface area contributed by atoms with E-state index in [1.807, 2.05) is 0 Å². The van der Waals surface area contributed by atoms with Crippen molar-refractivity contribution in [3.63, 3.8) is 0 Å². The summed E-state index contributed by atoms with van der Waals surface area (Å²) in [5.41, 5.74) is 1.46. The first-order valence-electron chi connectivity index (χ1n) is 6.41. The zero-order valence-electron chi connectivity index (χ0n) is 11.7. The molecule has 22 heavy (non-hydrogen) atoms. The minimum absolute atomic E-state index is 0.168. The van der Waals surface area contributed by atoms with E-state index in [1.54, 1.807) is 30.5 Å². The van der Waals surface area contributed by atoms with Crippen molar-refractivity contribution in [2.45, 2.75) is 6.61 Å². The molecule has 0 aliphatic rings. The Morgan fingerprint density at radius 1 is 1.36 bits per heavy atom. The van der Waals surface area contributed by atoms with Crippen molar-refractivity contribution in [3.05, 3.63) is 52.1 Å². The van der Waals surface area contributed by atoms with Crippen LogP contribution in [0.1, 0.15) is 11.1 Å². The number of ether oxygens (including phenoxy) is 1. The molecule has 0 atom stereocenters. The van der Waals surface area contributed by atoms with Gasteiger partial charge in [0.1, 0.15) is 6.61 Å². The van der Waals surface area contributed by atoms with Crippen molar-refractivity contribution in [1.82, 2.24) is 30.0 Å². The Labute approximate surface area is 125 Å². The highest BCUT2D eigenvalue weighted by Gasteiger charge is 2.14. The molecule has 3 aromatic rings. The molecule has 0 radical (unpaired) electrons. The number of aromatic amines is 1. The van der Waals surface area contributed by atoms with Crippen molar-refractivity contribution in [2.24, 2.45) is 7.05 Å². The lowest BCUT2D eigenvalue weighted by atomic mass is 10.1. The average Bonchev–Trinajstić information content (AvgIpc) is 3.16. The van der Waals surface area contributed by atoms with E-state index in [1.165, 1.54) is 11.7 Å². The molecule has 0 saturated carbocycles. The Hall–Kier alpha value is -3.34. The van der Waals surface area contributed by atoms with Gasteiger partial charge in [-0.1, -0.05) is 12.0 Å². The van der Waals surface area contributed by atoms with E-state index in [9.17, 15) is 4.79 Å². The number of rotatable bonds is 4. The van der Waals surface area contributed by atoms with E-state index in [-0.39, 0.29) is 12.3 Å². The molecule has 0 aliphatic carbocycles. The second kappa shape index (κ2) is 5.57. The van der Waals surface area contributed by atoms with Crippen LogP contribution in [0.25, 0.3) is 5.69 Å². The summed E-state index contributed by atoms with van der Waals surface area (Å²) in [5, 5.41) is 14.0. The summed E-state index contributed by atoms with van der Waals surface area (Å²) >= 11 is 0. The Balaban J connectivity index is 2.05. The molecular formula is C14H12N6O2. The van der Waals surface area contributed by atoms with Crippen LogP contribution >= 0.6 is 0 Å². The number of benzene rings is 1. The molecule has 1 aromatic carbocycles. The fourth-order valence-corrected chi connectivity index (χ4v) is 2.00. The van der Waals surface area contributed by atoms with Crippen LogP contribution in [-0.2, 0) is 13.7 Å². The summed E-state index contributed by atoms with van der Waals surface area (Å²) in [6.45, 7) is 0.168. The molecule has 1 N–H and O–H groups in total. The van der Waals surface area contributed by atoms with Crippen molar-refractivity contribution < 1.29 is 4.74 Å². The highest BCUT2D eigenvalue weighted by Crippen LogP contribution is 2.19. The first-order valence-corrected chi connectivity index (χ1v) is 6.41. The zero-order valence-corrected chi connectivity index (χ0v) is 11.7. The first-order chi connectivity index (χ1) is 10.7. The van der Waals surface area contributed by atoms with Crippen LogP contribution in [0.3, 0.4) is 0 Å². The number of terminal acetylenes is 1. The predicted molar refractivity (Wildman–Crippen MR) is 77.5 cm³/mol. The Morgan fingerprint density at radius 3 is 2.86 bits per heavy atom. The summed E-state index contributed by atoms with van der Waals surface area (Å²) in [5.74, 6) is 3.09. The van der Waals surface area contributed by atoms with Gasteiger partial charge in [0.25, 0.3) is 0 Å². The maximum Gasteiger partial charge on any atom is 0.368 e. The van der Waals surface area contributed by atoms with E-state index in [2.05, 4.69) is 26.5 Å². The predicted octanol–water partition coefficient (Wildman–Crippen LogP) is 0.249. The lowest BCUT2D eigenvalue weighted by Crippen LogP contribution is -2.23. The minimum atomic E-state index is -0.364. The fourth-order valence-electron chi connectivity index (χ4n) is 2.00. The molecule has 0 bridgehead atoms. The molecule has 0 fully saturated rings. The lowest BCUT2D eigenvalue weighted by Gasteiger charge is -2.11. The first kappa shape index (κ1) is 13.6. The average molecular weight is 296 g/mol. The topological polar surface area (TPSA) is 90.6 Å². The number of tetrazole rings is 1. The van der Waals surface area contributed by atoms with Gasteiger partial charge in [0.05, 0.1) is 11.9 Å². The Morgan fingerprint density at radius 2 is 2.23 bits per heavy atom. The summed E-state index contributed by atoms with van der Waals surface area (Å²) < 4.78 is 7.93. The van der Waals surface area contributed by atoms with E-state index in [4.69, 9.17) is 11.2 Å². The molecule has 8 nitrogen and oxygen atoms in total. The van der Waals surface area contributed by atoms with Crippen LogP contribution in [0, 0.1) is 12.3 Å². The molecule has 0 unspecified atom stereocenters. The normalized spacial score (nSPS) is 10.4. The monoisotopic (exact) mass is 296 g/mol. The van der Waals surface area contributed by atoms with Crippen LogP contribution in [0.15, 0.2) is 35.3 Å². The molecule has 2 aromatic heterocycles. The molecular weight excluding hydrogens is 284 g/mol. The van der Waals surface area contributed by atoms with Crippen LogP contribution in [0.4, 0.5) is 0 Å². The van der Waals surface area contributed by atoms with Gasteiger partial charge in [0.2, 0.25) is 5.88 Å². The maximum atomic E-state index is 12.0. The van der Waals surface area contributed by atoms with Crippen LogP contribution in [0.2, 0.25) is 0 Å². The largest absolute Gasteiger partial charge is 0.473 e. The smallest absolute Gasteiger partial charge is 0.368 e. The summed E-state index contributed by atoms with van der Waals surface area (Å²) in [6.07, 6.45) is 7.12. The second-order valence-corrected chi connectivity index (χ2v) is 4.45. The van der Waals surface area contributed by atoms with Gasteiger partial charge in [-0.2, -0.15) is 14.5 Å². The second-order valence-electron chi connectivity index (χ2n) is 4.45. The molecule has 0 spiro atoms. The van der Waals surface area contributed by atoms with Crippen LogP contribution < -0.4 is 10.4 Å². The zero-order chi connectivity index (χ0) is 15.5. The minimum Gasteiger partial charge on any atom is -0.473 e. The van der Waals surface area contributed by atoms with Crippen molar-refractivity contribution >= 4 is 0 Å². The van der Waals surface area contributed by atoms with E-state index >= 15 is 0 Å². The molecule has 3 rings (SSSR count). The van der Waals surface area contributed by atoms with Gasteiger partial charge in [-0.25, -0.2) is 9.89 Å². The number of hydrogen-bond acceptors (Lipinski definition) is 5. The molecule has 110 valence electrons. The van der Waals surface area contributed by atoms with Crippen molar-refractivity contribution in [3.8, 4) is 23.9 Å². The third-order valence-electron chi connectivity index (χ3n) is 3.10. The SMILES string of the molecule is C#Cc1cccc(-n2nnn(C)c2=O)c1COc1ccn[nH]1. The Bertz CT molecular complexity index is 885. The molecule has 8 heteroatoms. The highest BCUT2D eigenvalue weighted by molar-refractivity contribution is 5.51. The van der Waals surface area contributed by atoms with Crippen molar-refractivity contribution in [2.75, 3.05) is 0 Å². The molecule has 2 heterocycles. The fraction of sp³-hybridized carbons (Fsp3) is 0.143. The maximum absolute atomic E-state index is 12.0. The number of H-pyrrole nitrogens is 1. The quantitative estimate of drug-likeness (QED) is 0.697. The standard InChI is InChI=1S/C14H12N6O2/c1-3-10-5-4-6-12(20-14(21)19(2)17-18-20)11(10)9-22-13-7-8-15-16-13/h1,4-8H,9H2,2H3,(H,15,16). The van der Waals surface area contributed by atoms with Gasteiger partial charge >= 0.3 is 5.69 Å². The third-order valence-corrected chi connectivity index (χ3v) is 3.10. The van der Waals surface area contributed by atoms with E-state index in [0.29, 0.717) is 22.7 Å². The van der Waals surface area contributed by atoms with Crippen LogP contribution in [-0.4, -0.2) is 30.0 Å². The van der Waals surface area contributed by atoms with Crippen LogP contribution in [0.5, 0.6) is 5.88 Å². The van der Waals surface area contributed by atoms with Gasteiger partial charge in [-0.05, 0) is 22.6 Å². The van der Waals surface area contributed by atoms with Gasteiger partial charge in [-0.3, -0.25) is 0 Å². The lowest BCUT2D eigenvalue weighted by molar-refractivity contribution is 0.292. The van der Waals surface area contributed by atoms with E-state index < -0.39 is 0 Å². The van der Waals surface area contributed by atoms with Gasteiger partial charge in [0, 0.05) is 24.2 Å². The number of nitrogens with zero attached hydrogens (tertiary/aromatic N) is 5. The summed E-state index contributed by atoms with van der Waals surface area (Å²) in [4.78, 5) is 12.0. The van der Waals surface area contributed by atoms with Crippen molar-refractivity contribution in [1.29, 1.82) is 0 Å². The number of aromatic nitrogens is 6. The van der Waals surface area contributed by atoms with Gasteiger partial charge in [0.15, 0.2) is 0 Å². The molecule has 0 amide bonds. The third kappa shape index (κ3) is 2.35. The summed E-state index contributed by atoms with van der Waals surface area (Å²) in [6, 6.07) is 6.96. The Kier molecular flexibility index (Phi) is 3.45. The van der Waals surface area contributed by atoms with Gasteiger partial charge in [-0.15, -0.1) is 6.42 Å². The number of hydrogen-bond donors (Lipinski definition) is 1. The van der Waals surface area contributed by atoms with E-state index in [0.717, 1.165) is 4.68 Å². The molecule has 0 aliphatic heterocycles. The van der Waals surface area contributed by atoms with Gasteiger partial charge < -0.3 is 4.74 Å². The highest BCUT2D eigenvalue weighted by atomic mass is 16.5. The summed E-state index contributed by atoms with van der Waals surface area (Å²) in [7, 11) is 1.53.